The summed E-state index contributed by atoms with van der Waals surface area (Å²) in [6, 6.07) is 4.64. The van der Waals surface area contributed by atoms with Gasteiger partial charge in [0.25, 0.3) is 5.91 Å². The van der Waals surface area contributed by atoms with Gasteiger partial charge in [0.05, 0.1) is 23.8 Å². The highest BCUT2D eigenvalue weighted by Gasteiger charge is 2.10. The first-order valence-corrected chi connectivity index (χ1v) is 7.37. The molecule has 0 aliphatic heterocycles. The van der Waals surface area contributed by atoms with Gasteiger partial charge in [-0.3, -0.25) is 9.59 Å². The Morgan fingerprint density at radius 1 is 1.14 bits per heavy atom. The molecule has 0 fully saturated rings. The zero-order chi connectivity index (χ0) is 16.4. The molecule has 0 bridgehead atoms. The van der Waals surface area contributed by atoms with E-state index in [4.69, 9.17) is 32.7 Å². The summed E-state index contributed by atoms with van der Waals surface area (Å²) in [6.07, 6.45) is 0. The quantitative estimate of drug-likeness (QED) is 0.663. The third-order valence-corrected chi connectivity index (χ3v) is 3.14. The number of ether oxygens (including phenoxy) is 2. The molecular formula is C14H18Cl2N2O4. The van der Waals surface area contributed by atoms with Crippen LogP contribution in [0.25, 0.3) is 0 Å². The number of rotatable bonds is 9. The Bertz CT molecular complexity index is 512. The average molecular weight is 349 g/mol. The van der Waals surface area contributed by atoms with Crippen molar-refractivity contribution in [3.05, 3.63) is 33.8 Å². The molecule has 22 heavy (non-hydrogen) atoms. The summed E-state index contributed by atoms with van der Waals surface area (Å²) in [5, 5.41) is 6.00. The van der Waals surface area contributed by atoms with Gasteiger partial charge in [0.2, 0.25) is 5.91 Å². The summed E-state index contributed by atoms with van der Waals surface area (Å²) in [5.74, 6) is -0.607. The van der Waals surface area contributed by atoms with Crippen LogP contribution in [0.4, 0.5) is 0 Å². The third-order valence-electron chi connectivity index (χ3n) is 2.57. The lowest BCUT2D eigenvalue weighted by Crippen LogP contribution is -2.36. The topological polar surface area (TPSA) is 76.7 Å². The highest BCUT2D eigenvalue weighted by Crippen LogP contribution is 2.20. The Labute approximate surface area is 139 Å². The van der Waals surface area contributed by atoms with Gasteiger partial charge in [-0.1, -0.05) is 23.2 Å². The van der Waals surface area contributed by atoms with Crippen LogP contribution in [0.5, 0.6) is 0 Å². The molecule has 0 unspecified atom stereocenters. The van der Waals surface area contributed by atoms with Crippen molar-refractivity contribution in [2.24, 2.45) is 0 Å². The van der Waals surface area contributed by atoms with Crippen LogP contribution in [0.3, 0.4) is 0 Å². The number of amides is 2. The van der Waals surface area contributed by atoms with Crippen molar-refractivity contribution in [1.29, 1.82) is 0 Å². The lowest BCUT2D eigenvalue weighted by atomic mass is 10.2. The van der Waals surface area contributed by atoms with E-state index in [0.717, 1.165) is 0 Å². The molecule has 2 N–H and O–H groups in total. The van der Waals surface area contributed by atoms with Gasteiger partial charge in [-0.05, 0) is 18.2 Å². The van der Waals surface area contributed by atoms with E-state index in [2.05, 4.69) is 10.6 Å². The van der Waals surface area contributed by atoms with Gasteiger partial charge >= 0.3 is 0 Å². The number of nitrogens with one attached hydrogen (secondary N) is 2. The summed E-state index contributed by atoms with van der Waals surface area (Å²) >= 11 is 11.7. The summed E-state index contributed by atoms with van der Waals surface area (Å²) < 4.78 is 9.84. The maximum absolute atomic E-state index is 11.9. The van der Waals surface area contributed by atoms with E-state index in [1.165, 1.54) is 6.07 Å². The number of hydrogen-bond donors (Lipinski definition) is 2. The normalized spacial score (nSPS) is 10.3. The van der Waals surface area contributed by atoms with Gasteiger partial charge in [0.15, 0.2) is 0 Å². The van der Waals surface area contributed by atoms with Crippen molar-refractivity contribution < 1.29 is 19.1 Å². The predicted molar refractivity (Wildman–Crippen MR) is 84.5 cm³/mol. The molecule has 0 spiro atoms. The van der Waals surface area contributed by atoms with Gasteiger partial charge in [-0.15, -0.1) is 0 Å². The fraction of sp³-hybridized carbons (Fsp3) is 0.429. The molecule has 0 atom stereocenters. The highest BCUT2D eigenvalue weighted by molar-refractivity contribution is 6.35. The van der Waals surface area contributed by atoms with E-state index in [-0.39, 0.29) is 31.5 Å². The second kappa shape index (κ2) is 10.4. The van der Waals surface area contributed by atoms with Crippen LogP contribution >= 0.6 is 23.2 Å². The molecule has 122 valence electrons. The van der Waals surface area contributed by atoms with Crippen LogP contribution in [0.15, 0.2) is 18.2 Å². The van der Waals surface area contributed by atoms with Gasteiger partial charge in [-0.2, -0.15) is 0 Å². The van der Waals surface area contributed by atoms with E-state index in [1.54, 1.807) is 19.2 Å². The second-order valence-electron chi connectivity index (χ2n) is 4.28. The first kappa shape index (κ1) is 18.7. The van der Waals surface area contributed by atoms with Crippen LogP contribution in [0.1, 0.15) is 10.4 Å². The second-order valence-corrected chi connectivity index (χ2v) is 5.12. The van der Waals surface area contributed by atoms with E-state index in [0.29, 0.717) is 28.8 Å². The molecular weight excluding hydrogens is 331 g/mol. The molecule has 1 rings (SSSR count). The maximum Gasteiger partial charge on any atom is 0.252 e. The van der Waals surface area contributed by atoms with Gasteiger partial charge in [-0.25, -0.2) is 0 Å². The molecule has 0 saturated carbocycles. The van der Waals surface area contributed by atoms with Crippen molar-refractivity contribution in [1.82, 2.24) is 10.6 Å². The Balaban J connectivity index is 2.22. The van der Waals surface area contributed by atoms with E-state index in [1.807, 2.05) is 0 Å². The van der Waals surface area contributed by atoms with E-state index >= 15 is 0 Å². The van der Waals surface area contributed by atoms with Crippen LogP contribution in [-0.2, 0) is 14.3 Å². The number of carbonyl (C=O) groups excluding carboxylic acids is 2. The number of halogens is 2. The number of methoxy groups -OCH3 is 1. The van der Waals surface area contributed by atoms with Crippen molar-refractivity contribution in [2.45, 2.75) is 0 Å². The van der Waals surface area contributed by atoms with E-state index < -0.39 is 0 Å². The Kier molecular flexibility index (Phi) is 8.84. The van der Waals surface area contributed by atoms with Crippen LogP contribution in [0, 0.1) is 0 Å². The fourth-order valence-electron chi connectivity index (χ4n) is 1.50. The van der Waals surface area contributed by atoms with Crippen LogP contribution in [-0.4, -0.2) is 51.8 Å². The molecule has 0 aromatic heterocycles. The summed E-state index contributed by atoms with van der Waals surface area (Å²) in [4.78, 5) is 23.3. The molecule has 8 heteroatoms. The molecule has 0 aliphatic rings. The van der Waals surface area contributed by atoms with Crippen molar-refractivity contribution in [3.8, 4) is 0 Å². The van der Waals surface area contributed by atoms with Gasteiger partial charge in [0.1, 0.15) is 6.61 Å². The zero-order valence-electron chi connectivity index (χ0n) is 12.2. The first-order chi connectivity index (χ1) is 10.5. The third kappa shape index (κ3) is 7.09. The summed E-state index contributed by atoms with van der Waals surface area (Å²) in [7, 11) is 1.55. The summed E-state index contributed by atoms with van der Waals surface area (Å²) in [5.41, 5.74) is 0.295. The molecule has 0 heterocycles. The summed E-state index contributed by atoms with van der Waals surface area (Å²) in [6.45, 7) is 1.30. The molecule has 1 aromatic carbocycles. The van der Waals surface area contributed by atoms with Gasteiger partial charge in [0, 0.05) is 25.2 Å². The molecule has 0 radical (unpaired) electrons. The molecule has 2 amide bonds. The van der Waals surface area contributed by atoms with Gasteiger partial charge < -0.3 is 20.1 Å². The zero-order valence-corrected chi connectivity index (χ0v) is 13.7. The number of hydrogen-bond acceptors (Lipinski definition) is 4. The lowest BCUT2D eigenvalue weighted by molar-refractivity contribution is -0.126. The minimum atomic E-state index is -0.349. The molecule has 1 aromatic rings. The minimum Gasteiger partial charge on any atom is -0.382 e. The highest BCUT2D eigenvalue weighted by atomic mass is 35.5. The Morgan fingerprint density at radius 2 is 1.86 bits per heavy atom. The Morgan fingerprint density at radius 3 is 2.59 bits per heavy atom. The first-order valence-electron chi connectivity index (χ1n) is 6.61. The maximum atomic E-state index is 11.9. The molecule has 0 saturated heterocycles. The van der Waals surface area contributed by atoms with Crippen molar-refractivity contribution in [3.63, 3.8) is 0 Å². The standard InChI is InChI=1S/C14H18Cl2N2O4/c1-21-6-7-22-9-13(19)17-4-5-18-14(20)11-8-10(15)2-3-12(11)16/h2-3,8H,4-7,9H2,1H3,(H,17,19)(H,18,20). The van der Waals surface area contributed by atoms with Crippen molar-refractivity contribution >= 4 is 35.0 Å². The minimum absolute atomic E-state index is 0.0442. The molecule has 6 nitrogen and oxygen atoms in total. The smallest absolute Gasteiger partial charge is 0.252 e. The number of benzene rings is 1. The monoisotopic (exact) mass is 348 g/mol. The Hall–Kier alpha value is -1.34. The lowest BCUT2D eigenvalue weighted by Gasteiger charge is -2.09. The SMILES string of the molecule is COCCOCC(=O)NCCNC(=O)c1cc(Cl)ccc1Cl. The average Bonchev–Trinajstić information content (AvgIpc) is 2.50. The fourth-order valence-corrected chi connectivity index (χ4v) is 1.88. The number of carbonyl (C=O) groups is 2. The predicted octanol–water partition coefficient (Wildman–Crippen LogP) is 1.50. The van der Waals surface area contributed by atoms with Crippen LogP contribution < -0.4 is 10.6 Å². The molecule has 0 aliphatic carbocycles. The van der Waals surface area contributed by atoms with Crippen LogP contribution in [0.2, 0.25) is 10.0 Å². The largest absolute Gasteiger partial charge is 0.382 e. The van der Waals surface area contributed by atoms with Crippen molar-refractivity contribution in [2.75, 3.05) is 40.0 Å². The van der Waals surface area contributed by atoms with E-state index in [9.17, 15) is 9.59 Å².